The highest BCUT2D eigenvalue weighted by molar-refractivity contribution is 5.50. The number of para-hydroxylation sites is 1. The molecule has 0 bridgehead atoms. The Morgan fingerprint density at radius 2 is 1.52 bits per heavy atom. The number of anilines is 3. The molecular formula is C18H23FN6. The summed E-state index contributed by atoms with van der Waals surface area (Å²) in [6.45, 7) is 5.10. The fourth-order valence-electron chi connectivity index (χ4n) is 3.55. The lowest BCUT2D eigenvalue weighted by Gasteiger charge is -2.36. The number of halogens is 1. The van der Waals surface area contributed by atoms with Gasteiger partial charge in [-0.2, -0.15) is 10.1 Å². The maximum Gasteiger partial charge on any atom is 0.247 e. The Morgan fingerprint density at radius 3 is 2.28 bits per heavy atom. The molecule has 0 N–H and O–H groups in total. The zero-order valence-corrected chi connectivity index (χ0v) is 14.3. The summed E-state index contributed by atoms with van der Waals surface area (Å²) in [4.78, 5) is 11.2. The highest BCUT2D eigenvalue weighted by Crippen LogP contribution is 2.22. The summed E-state index contributed by atoms with van der Waals surface area (Å²) < 4.78 is 14.0. The number of nitrogens with zero attached hydrogens (tertiary/aromatic N) is 6. The second kappa shape index (κ2) is 7.21. The first-order valence-corrected chi connectivity index (χ1v) is 9.00. The molecule has 2 aromatic rings. The number of hydrogen-bond donors (Lipinski definition) is 0. The summed E-state index contributed by atoms with van der Waals surface area (Å²) in [6.07, 6.45) is 5.46. The number of rotatable bonds is 3. The van der Waals surface area contributed by atoms with E-state index in [9.17, 15) is 4.39 Å². The van der Waals surface area contributed by atoms with Crippen molar-refractivity contribution >= 4 is 17.5 Å². The average molecular weight is 342 g/mol. The third kappa shape index (κ3) is 3.50. The van der Waals surface area contributed by atoms with E-state index in [2.05, 4.69) is 24.9 Å². The van der Waals surface area contributed by atoms with Crippen LogP contribution in [0.1, 0.15) is 19.3 Å². The van der Waals surface area contributed by atoms with Gasteiger partial charge in [-0.25, -0.2) is 4.39 Å². The molecule has 25 heavy (non-hydrogen) atoms. The molecule has 0 radical (unpaired) electrons. The van der Waals surface area contributed by atoms with E-state index in [1.165, 1.54) is 25.3 Å². The zero-order chi connectivity index (χ0) is 17.1. The first-order chi connectivity index (χ1) is 12.3. The number of benzene rings is 1. The molecule has 0 aliphatic carbocycles. The van der Waals surface area contributed by atoms with E-state index in [-0.39, 0.29) is 5.82 Å². The van der Waals surface area contributed by atoms with Gasteiger partial charge in [0.25, 0.3) is 0 Å². The van der Waals surface area contributed by atoms with Crippen molar-refractivity contribution in [2.45, 2.75) is 19.3 Å². The first kappa shape index (κ1) is 16.1. The quantitative estimate of drug-likeness (QED) is 0.853. The standard InChI is InChI=1S/C18H23FN6/c19-15-6-2-3-7-16(15)23-10-12-25(13-11-23)18-21-17(14-20-22-18)24-8-4-1-5-9-24/h2-3,6-7,14H,1,4-5,8-13H2. The number of hydrogen-bond acceptors (Lipinski definition) is 6. The highest BCUT2D eigenvalue weighted by Gasteiger charge is 2.22. The molecule has 2 aliphatic rings. The molecule has 1 aromatic heterocycles. The third-order valence-corrected chi connectivity index (χ3v) is 4.97. The average Bonchev–Trinajstić information content (AvgIpc) is 2.69. The third-order valence-electron chi connectivity index (χ3n) is 4.97. The van der Waals surface area contributed by atoms with Gasteiger partial charge in [-0.3, -0.25) is 0 Å². The Kier molecular flexibility index (Phi) is 4.63. The van der Waals surface area contributed by atoms with Crippen molar-refractivity contribution in [2.75, 3.05) is 54.0 Å². The van der Waals surface area contributed by atoms with Crippen molar-refractivity contribution in [3.63, 3.8) is 0 Å². The topological polar surface area (TPSA) is 48.4 Å². The van der Waals surface area contributed by atoms with Crippen LogP contribution in [0.2, 0.25) is 0 Å². The van der Waals surface area contributed by atoms with E-state index in [1.807, 2.05) is 12.1 Å². The minimum Gasteiger partial charge on any atom is -0.366 e. The van der Waals surface area contributed by atoms with Crippen LogP contribution in [-0.2, 0) is 0 Å². The molecule has 0 unspecified atom stereocenters. The maximum atomic E-state index is 14.0. The summed E-state index contributed by atoms with van der Waals surface area (Å²) in [6, 6.07) is 6.94. The summed E-state index contributed by atoms with van der Waals surface area (Å²) in [5, 5.41) is 8.38. The van der Waals surface area contributed by atoms with Crippen LogP contribution < -0.4 is 14.7 Å². The zero-order valence-electron chi connectivity index (χ0n) is 14.3. The van der Waals surface area contributed by atoms with Crippen molar-refractivity contribution in [3.8, 4) is 0 Å². The van der Waals surface area contributed by atoms with Gasteiger partial charge in [0, 0.05) is 39.3 Å². The van der Waals surface area contributed by atoms with Crippen LogP contribution in [0.5, 0.6) is 0 Å². The molecule has 0 saturated carbocycles. The molecular weight excluding hydrogens is 319 g/mol. The van der Waals surface area contributed by atoms with Gasteiger partial charge in [-0.1, -0.05) is 12.1 Å². The van der Waals surface area contributed by atoms with Crippen LogP contribution in [0.15, 0.2) is 30.5 Å². The molecule has 2 saturated heterocycles. The molecule has 4 rings (SSSR count). The van der Waals surface area contributed by atoms with E-state index in [0.717, 1.165) is 45.1 Å². The van der Waals surface area contributed by atoms with Crippen molar-refractivity contribution in [1.82, 2.24) is 15.2 Å². The van der Waals surface area contributed by atoms with Crippen molar-refractivity contribution in [3.05, 3.63) is 36.3 Å². The smallest absolute Gasteiger partial charge is 0.247 e. The van der Waals surface area contributed by atoms with Crippen molar-refractivity contribution in [1.29, 1.82) is 0 Å². The van der Waals surface area contributed by atoms with Gasteiger partial charge in [0.1, 0.15) is 5.82 Å². The lowest BCUT2D eigenvalue weighted by Crippen LogP contribution is -2.47. The summed E-state index contributed by atoms with van der Waals surface area (Å²) in [5.74, 6) is 1.43. The normalized spacial score (nSPS) is 18.5. The van der Waals surface area contributed by atoms with Crippen molar-refractivity contribution < 1.29 is 4.39 Å². The van der Waals surface area contributed by atoms with Crippen molar-refractivity contribution in [2.24, 2.45) is 0 Å². The van der Waals surface area contributed by atoms with Crippen LogP contribution in [-0.4, -0.2) is 54.4 Å². The monoisotopic (exact) mass is 342 g/mol. The molecule has 0 atom stereocenters. The Labute approximate surface area is 147 Å². The predicted octanol–water partition coefficient (Wildman–Crippen LogP) is 2.33. The van der Waals surface area contributed by atoms with Gasteiger partial charge in [-0.15, -0.1) is 5.10 Å². The Bertz CT molecular complexity index is 710. The Balaban J connectivity index is 1.43. The Morgan fingerprint density at radius 1 is 0.800 bits per heavy atom. The van der Waals surface area contributed by atoms with Gasteiger partial charge < -0.3 is 14.7 Å². The van der Waals surface area contributed by atoms with E-state index >= 15 is 0 Å². The largest absolute Gasteiger partial charge is 0.366 e. The number of piperidine rings is 1. The van der Waals surface area contributed by atoms with E-state index in [0.29, 0.717) is 11.6 Å². The molecule has 6 nitrogen and oxygen atoms in total. The number of aromatic nitrogens is 3. The molecule has 0 spiro atoms. The minimum atomic E-state index is -0.166. The van der Waals surface area contributed by atoms with E-state index in [4.69, 9.17) is 4.98 Å². The van der Waals surface area contributed by atoms with Crippen LogP contribution >= 0.6 is 0 Å². The van der Waals surface area contributed by atoms with Gasteiger partial charge in [0.05, 0.1) is 11.9 Å². The van der Waals surface area contributed by atoms with Gasteiger partial charge >= 0.3 is 0 Å². The van der Waals surface area contributed by atoms with Crippen LogP contribution in [0.4, 0.5) is 21.8 Å². The van der Waals surface area contributed by atoms with Gasteiger partial charge in [-0.05, 0) is 31.4 Å². The molecule has 1 aromatic carbocycles. The van der Waals surface area contributed by atoms with Crippen LogP contribution in [0, 0.1) is 5.82 Å². The lowest BCUT2D eigenvalue weighted by molar-refractivity contribution is 0.568. The summed E-state index contributed by atoms with van der Waals surface area (Å²) >= 11 is 0. The van der Waals surface area contributed by atoms with Gasteiger partial charge in [0.2, 0.25) is 5.95 Å². The highest BCUT2D eigenvalue weighted by atomic mass is 19.1. The first-order valence-electron chi connectivity index (χ1n) is 9.00. The fraction of sp³-hybridized carbons (Fsp3) is 0.500. The van der Waals surface area contributed by atoms with Crippen LogP contribution in [0.25, 0.3) is 0 Å². The molecule has 2 fully saturated rings. The number of piperazine rings is 1. The molecule has 7 heteroatoms. The summed E-state index contributed by atoms with van der Waals surface area (Å²) in [5.41, 5.74) is 0.670. The Hall–Kier alpha value is -2.44. The maximum absolute atomic E-state index is 14.0. The SMILES string of the molecule is Fc1ccccc1N1CCN(c2nncc(N3CCCCC3)n2)CC1. The molecule has 2 aliphatic heterocycles. The minimum absolute atomic E-state index is 0.166. The van der Waals surface area contributed by atoms with E-state index < -0.39 is 0 Å². The second-order valence-corrected chi connectivity index (χ2v) is 6.59. The fourth-order valence-corrected chi connectivity index (χ4v) is 3.55. The lowest BCUT2D eigenvalue weighted by atomic mass is 10.1. The molecule has 3 heterocycles. The predicted molar refractivity (Wildman–Crippen MR) is 96.7 cm³/mol. The van der Waals surface area contributed by atoms with E-state index in [1.54, 1.807) is 12.3 Å². The van der Waals surface area contributed by atoms with Gasteiger partial charge in [0.15, 0.2) is 5.82 Å². The van der Waals surface area contributed by atoms with Crippen LogP contribution in [0.3, 0.4) is 0 Å². The summed E-state index contributed by atoms with van der Waals surface area (Å²) in [7, 11) is 0. The molecule has 132 valence electrons. The molecule has 0 amide bonds. The second-order valence-electron chi connectivity index (χ2n) is 6.59.